The molecule has 0 radical (unpaired) electrons. The summed E-state index contributed by atoms with van der Waals surface area (Å²) in [6.45, 7) is 6.49. The molecule has 3 heterocycles. The minimum absolute atomic E-state index is 0.203. The lowest BCUT2D eigenvalue weighted by molar-refractivity contribution is -0.113. The summed E-state index contributed by atoms with van der Waals surface area (Å²) in [5, 5.41) is 7.45. The van der Waals surface area contributed by atoms with Gasteiger partial charge in [-0.2, -0.15) is 5.10 Å². The quantitative estimate of drug-likeness (QED) is 0.428. The number of anilines is 1. The van der Waals surface area contributed by atoms with Crippen molar-refractivity contribution in [2.24, 2.45) is 4.99 Å². The summed E-state index contributed by atoms with van der Waals surface area (Å²) >= 11 is 1.31. The lowest BCUT2D eigenvalue weighted by Gasteiger charge is -2.25. The van der Waals surface area contributed by atoms with Crippen LogP contribution < -0.4 is 24.9 Å². The van der Waals surface area contributed by atoms with E-state index in [4.69, 9.17) is 9.73 Å². The number of hydrogen-bond donors (Lipinski definition) is 1. The Morgan fingerprint density at radius 3 is 2.51 bits per heavy atom. The van der Waals surface area contributed by atoms with Crippen molar-refractivity contribution in [2.75, 3.05) is 12.4 Å². The van der Waals surface area contributed by atoms with Crippen LogP contribution in [0.15, 0.2) is 81.9 Å². The monoisotopic (exact) mass is 513 g/mol. The number of thiazole rings is 1. The fourth-order valence-corrected chi connectivity index (χ4v) is 5.45. The van der Waals surface area contributed by atoms with Crippen LogP contribution in [-0.2, 0) is 11.3 Å². The second-order valence-electron chi connectivity index (χ2n) is 8.70. The minimum atomic E-state index is -0.646. The fourth-order valence-electron chi connectivity index (χ4n) is 4.41. The molecule has 0 bridgehead atoms. The van der Waals surface area contributed by atoms with Crippen molar-refractivity contribution in [1.29, 1.82) is 0 Å². The van der Waals surface area contributed by atoms with E-state index in [0.717, 1.165) is 23.4 Å². The largest absolute Gasteiger partial charge is 0.497 e. The van der Waals surface area contributed by atoms with Crippen LogP contribution in [0.25, 0.3) is 6.08 Å². The maximum Gasteiger partial charge on any atom is 0.271 e. The average Bonchev–Trinajstić information content (AvgIpc) is 3.42. The van der Waals surface area contributed by atoms with E-state index >= 15 is 0 Å². The summed E-state index contributed by atoms with van der Waals surface area (Å²) in [5.41, 5.74) is 3.97. The van der Waals surface area contributed by atoms with Crippen LogP contribution in [0.5, 0.6) is 5.75 Å². The highest BCUT2D eigenvalue weighted by molar-refractivity contribution is 7.07. The second kappa shape index (κ2) is 10.0. The van der Waals surface area contributed by atoms with Crippen LogP contribution in [0.2, 0.25) is 0 Å². The van der Waals surface area contributed by atoms with E-state index in [1.54, 1.807) is 11.7 Å². The molecular formula is C28H27N5O3S. The highest BCUT2D eigenvalue weighted by Crippen LogP contribution is 2.31. The average molecular weight is 514 g/mol. The van der Waals surface area contributed by atoms with E-state index in [9.17, 15) is 9.59 Å². The number of aromatic nitrogens is 3. The van der Waals surface area contributed by atoms with Crippen molar-refractivity contribution in [2.45, 2.75) is 33.4 Å². The Labute approximate surface area is 217 Å². The van der Waals surface area contributed by atoms with E-state index in [-0.39, 0.29) is 11.5 Å². The number of aryl methyl sites for hydroxylation is 2. The van der Waals surface area contributed by atoms with Gasteiger partial charge in [-0.25, -0.2) is 4.99 Å². The number of benzene rings is 2. The SMILES string of the molecule is CCn1cc(/C=c2/sc3n(c2=O)C(c2ccc(OC)cc2)C(C(=O)Nc2ccccc2)=C(C)N=3)c(C)n1. The van der Waals surface area contributed by atoms with Crippen LogP contribution in [0.3, 0.4) is 0 Å². The Hall–Kier alpha value is -4.24. The molecule has 0 saturated carbocycles. The summed E-state index contributed by atoms with van der Waals surface area (Å²) in [5.74, 6) is 0.387. The zero-order valence-electron chi connectivity index (χ0n) is 21.1. The Morgan fingerprint density at radius 1 is 1.14 bits per heavy atom. The van der Waals surface area contributed by atoms with Crippen molar-refractivity contribution >= 4 is 29.0 Å². The van der Waals surface area contributed by atoms with Crippen LogP contribution >= 0.6 is 11.3 Å². The van der Waals surface area contributed by atoms with Gasteiger partial charge in [-0.1, -0.05) is 41.7 Å². The van der Waals surface area contributed by atoms with E-state index < -0.39 is 6.04 Å². The van der Waals surface area contributed by atoms with Gasteiger partial charge in [0.15, 0.2) is 4.80 Å². The van der Waals surface area contributed by atoms with Gasteiger partial charge in [0, 0.05) is 24.0 Å². The molecule has 1 atom stereocenters. The summed E-state index contributed by atoms with van der Waals surface area (Å²) < 4.78 is 9.32. The van der Waals surface area contributed by atoms with Crippen molar-refractivity contribution in [1.82, 2.24) is 14.3 Å². The Bertz CT molecular complexity index is 1680. The van der Waals surface area contributed by atoms with Crippen LogP contribution in [0, 0.1) is 6.92 Å². The van der Waals surface area contributed by atoms with E-state index in [1.807, 2.05) is 92.3 Å². The molecule has 2 aromatic carbocycles. The van der Waals surface area contributed by atoms with E-state index in [2.05, 4.69) is 10.4 Å². The molecule has 5 rings (SSSR count). The summed E-state index contributed by atoms with van der Waals surface area (Å²) in [6.07, 6.45) is 3.78. The van der Waals surface area contributed by atoms with Crippen LogP contribution in [0.1, 0.15) is 36.7 Å². The number of ether oxygens (including phenoxy) is 1. The molecular weight excluding hydrogens is 486 g/mol. The summed E-state index contributed by atoms with van der Waals surface area (Å²) in [7, 11) is 1.60. The first-order valence-electron chi connectivity index (χ1n) is 12.0. The minimum Gasteiger partial charge on any atom is -0.497 e. The Kier molecular flexibility index (Phi) is 6.62. The molecule has 2 aromatic heterocycles. The molecule has 9 heteroatoms. The Morgan fingerprint density at radius 2 is 1.86 bits per heavy atom. The van der Waals surface area contributed by atoms with Gasteiger partial charge in [-0.3, -0.25) is 18.8 Å². The van der Waals surface area contributed by atoms with Gasteiger partial charge in [0.25, 0.3) is 11.5 Å². The number of para-hydroxylation sites is 1. The van der Waals surface area contributed by atoms with Crippen LogP contribution in [0.4, 0.5) is 5.69 Å². The van der Waals surface area contributed by atoms with Gasteiger partial charge < -0.3 is 10.1 Å². The number of nitrogens with one attached hydrogen (secondary N) is 1. The zero-order chi connectivity index (χ0) is 26.1. The molecule has 1 amide bonds. The molecule has 0 fully saturated rings. The van der Waals surface area contributed by atoms with Crippen molar-refractivity contribution in [3.05, 3.63) is 109 Å². The number of fused-ring (bicyclic) bond motifs is 1. The first-order chi connectivity index (χ1) is 17.9. The smallest absolute Gasteiger partial charge is 0.271 e. The van der Waals surface area contributed by atoms with Crippen LogP contribution in [-0.4, -0.2) is 27.4 Å². The Balaban J connectivity index is 1.67. The topological polar surface area (TPSA) is 90.5 Å². The molecule has 188 valence electrons. The maximum absolute atomic E-state index is 13.8. The third-order valence-corrected chi connectivity index (χ3v) is 7.31. The maximum atomic E-state index is 13.8. The molecule has 37 heavy (non-hydrogen) atoms. The first kappa shape index (κ1) is 24.5. The summed E-state index contributed by atoms with van der Waals surface area (Å²) in [6, 6.07) is 16.0. The molecule has 0 saturated heterocycles. The number of carbonyl (C=O) groups is 1. The normalized spacial score (nSPS) is 15.4. The number of hydrogen-bond acceptors (Lipinski definition) is 6. The number of methoxy groups -OCH3 is 1. The molecule has 4 aromatic rings. The van der Waals surface area contributed by atoms with E-state index in [1.165, 1.54) is 11.3 Å². The van der Waals surface area contributed by atoms with Crippen molar-refractivity contribution in [3.63, 3.8) is 0 Å². The van der Waals surface area contributed by atoms with Crippen molar-refractivity contribution < 1.29 is 9.53 Å². The molecule has 1 aliphatic heterocycles. The number of rotatable bonds is 6. The second-order valence-corrected chi connectivity index (χ2v) is 9.71. The number of allylic oxidation sites excluding steroid dienone is 1. The predicted octanol–water partition coefficient (Wildman–Crippen LogP) is 3.41. The van der Waals surface area contributed by atoms with Gasteiger partial charge in [0.05, 0.1) is 34.6 Å². The predicted molar refractivity (Wildman–Crippen MR) is 144 cm³/mol. The van der Waals surface area contributed by atoms with Gasteiger partial charge in [-0.05, 0) is 56.7 Å². The number of nitrogens with zero attached hydrogens (tertiary/aromatic N) is 4. The van der Waals surface area contributed by atoms with Gasteiger partial charge in [0.2, 0.25) is 0 Å². The lowest BCUT2D eigenvalue weighted by Crippen LogP contribution is -2.40. The third-order valence-electron chi connectivity index (χ3n) is 6.32. The molecule has 8 nitrogen and oxygen atoms in total. The molecule has 1 aliphatic rings. The number of carbonyl (C=O) groups excluding carboxylic acids is 1. The third kappa shape index (κ3) is 4.65. The lowest BCUT2D eigenvalue weighted by atomic mass is 9.95. The molecule has 1 N–H and O–H groups in total. The van der Waals surface area contributed by atoms with E-state index in [0.29, 0.717) is 32.0 Å². The first-order valence-corrected chi connectivity index (χ1v) is 12.8. The zero-order valence-corrected chi connectivity index (χ0v) is 21.9. The highest BCUT2D eigenvalue weighted by atomic mass is 32.1. The molecule has 0 spiro atoms. The number of amides is 1. The van der Waals surface area contributed by atoms with Gasteiger partial charge in [0.1, 0.15) is 5.75 Å². The van der Waals surface area contributed by atoms with Gasteiger partial charge in [-0.15, -0.1) is 0 Å². The highest BCUT2D eigenvalue weighted by Gasteiger charge is 2.32. The van der Waals surface area contributed by atoms with Crippen molar-refractivity contribution in [3.8, 4) is 5.75 Å². The fraction of sp³-hybridized carbons (Fsp3) is 0.214. The summed E-state index contributed by atoms with van der Waals surface area (Å²) in [4.78, 5) is 32.7. The van der Waals surface area contributed by atoms with Gasteiger partial charge >= 0.3 is 0 Å². The molecule has 0 aliphatic carbocycles. The standard InChI is InChI=1S/C28H27N5O3S/c1-5-32-16-20(17(2)31-32)15-23-27(35)33-25(19-11-13-22(36-4)14-12-19)24(18(3)29-28(33)37-23)26(34)30-21-9-7-6-8-10-21/h6-16,25H,5H2,1-4H3,(H,30,34)/b23-15+. The molecule has 1 unspecified atom stereocenters.